The van der Waals surface area contributed by atoms with Gasteiger partial charge in [-0.25, -0.2) is 4.98 Å². The van der Waals surface area contributed by atoms with Crippen LogP contribution in [-0.4, -0.2) is 28.1 Å². The molecule has 1 aliphatic heterocycles. The van der Waals surface area contributed by atoms with Gasteiger partial charge in [0.15, 0.2) is 0 Å². The molecule has 5 nitrogen and oxygen atoms in total. The van der Waals surface area contributed by atoms with Gasteiger partial charge in [0.05, 0.1) is 18.1 Å². The maximum atomic E-state index is 12.0. The first-order valence-electron chi connectivity index (χ1n) is 5.55. The van der Waals surface area contributed by atoms with Gasteiger partial charge in [0, 0.05) is 12.4 Å². The average Bonchev–Trinajstić information content (AvgIpc) is 2.77. The van der Waals surface area contributed by atoms with E-state index in [1.807, 2.05) is 20.8 Å². The second-order valence-corrected chi connectivity index (χ2v) is 4.36. The molecular formula is C11H17N3O2. The first kappa shape index (κ1) is 11.1. The van der Waals surface area contributed by atoms with E-state index in [9.17, 15) is 4.79 Å². The Labute approximate surface area is 94.6 Å². The van der Waals surface area contributed by atoms with Crippen molar-refractivity contribution in [3.8, 4) is 0 Å². The van der Waals surface area contributed by atoms with Crippen molar-refractivity contribution < 1.29 is 9.53 Å². The molecule has 1 aliphatic rings. The number of aromatic nitrogens is 2. The van der Waals surface area contributed by atoms with E-state index in [1.54, 1.807) is 12.4 Å². The molecule has 2 heterocycles. The smallest absolute Gasteiger partial charge is 0.232 e. The standard InChI is InChI=1S/C11H17N3O2/c1-6-7(2)16-8(3)9(6)10(15)14-11-12-4-5-13-11/h4-9H,1-3H3,(H2,12,13,14,15). The number of nitrogens with zero attached hydrogens (tertiary/aromatic N) is 1. The summed E-state index contributed by atoms with van der Waals surface area (Å²) in [5.41, 5.74) is 0. The molecule has 1 aromatic rings. The highest BCUT2D eigenvalue weighted by atomic mass is 16.5. The second-order valence-electron chi connectivity index (χ2n) is 4.36. The number of hydrogen-bond donors (Lipinski definition) is 2. The zero-order valence-electron chi connectivity index (χ0n) is 9.73. The quantitative estimate of drug-likeness (QED) is 0.796. The van der Waals surface area contributed by atoms with Gasteiger partial charge in [-0.1, -0.05) is 6.92 Å². The third-order valence-electron chi connectivity index (χ3n) is 3.28. The van der Waals surface area contributed by atoms with E-state index in [0.717, 1.165) is 0 Å². The molecule has 1 saturated heterocycles. The molecular weight excluding hydrogens is 206 g/mol. The average molecular weight is 223 g/mol. The lowest BCUT2D eigenvalue weighted by molar-refractivity contribution is -0.122. The van der Waals surface area contributed by atoms with Crippen LogP contribution in [0.5, 0.6) is 0 Å². The number of rotatable bonds is 2. The first-order valence-corrected chi connectivity index (χ1v) is 5.55. The summed E-state index contributed by atoms with van der Waals surface area (Å²) < 4.78 is 5.63. The van der Waals surface area contributed by atoms with Crippen LogP contribution in [0.1, 0.15) is 20.8 Å². The van der Waals surface area contributed by atoms with Gasteiger partial charge < -0.3 is 9.72 Å². The van der Waals surface area contributed by atoms with Crippen molar-refractivity contribution in [2.75, 3.05) is 5.32 Å². The van der Waals surface area contributed by atoms with Crippen LogP contribution in [0.2, 0.25) is 0 Å². The topological polar surface area (TPSA) is 67.0 Å². The SMILES string of the molecule is CC1OC(C)C(C(=O)Nc2ncc[nH]2)C1C. The largest absolute Gasteiger partial charge is 0.374 e. The Bertz CT molecular complexity index is 363. The Morgan fingerprint density at radius 1 is 1.44 bits per heavy atom. The molecule has 4 atom stereocenters. The summed E-state index contributed by atoms with van der Waals surface area (Å²) >= 11 is 0. The lowest BCUT2D eigenvalue weighted by Gasteiger charge is -2.16. The van der Waals surface area contributed by atoms with E-state index in [-0.39, 0.29) is 30.0 Å². The van der Waals surface area contributed by atoms with Crippen molar-refractivity contribution >= 4 is 11.9 Å². The van der Waals surface area contributed by atoms with Crippen LogP contribution in [0, 0.1) is 11.8 Å². The van der Waals surface area contributed by atoms with Crippen molar-refractivity contribution in [3.63, 3.8) is 0 Å². The molecule has 0 radical (unpaired) electrons. The number of carbonyl (C=O) groups excluding carboxylic acids is 1. The first-order chi connectivity index (χ1) is 7.59. The molecule has 1 amide bonds. The zero-order valence-corrected chi connectivity index (χ0v) is 9.73. The lowest BCUT2D eigenvalue weighted by atomic mass is 9.89. The van der Waals surface area contributed by atoms with Crippen LogP contribution in [-0.2, 0) is 9.53 Å². The van der Waals surface area contributed by atoms with Crippen LogP contribution < -0.4 is 5.32 Å². The molecule has 0 bridgehead atoms. The fourth-order valence-electron chi connectivity index (χ4n) is 2.25. The van der Waals surface area contributed by atoms with Crippen molar-refractivity contribution in [2.45, 2.75) is 33.0 Å². The highest BCUT2D eigenvalue weighted by molar-refractivity contribution is 5.91. The zero-order chi connectivity index (χ0) is 11.7. The fourth-order valence-corrected chi connectivity index (χ4v) is 2.25. The van der Waals surface area contributed by atoms with Gasteiger partial charge in [0.25, 0.3) is 0 Å². The summed E-state index contributed by atoms with van der Waals surface area (Å²) in [5, 5.41) is 2.76. The van der Waals surface area contributed by atoms with E-state index in [0.29, 0.717) is 5.95 Å². The monoisotopic (exact) mass is 223 g/mol. The van der Waals surface area contributed by atoms with Crippen molar-refractivity contribution in [1.29, 1.82) is 0 Å². The molecule has 2 rings (SSSR count). The molecule has 0 saturated carbocycles. The number of amides is 1. The van der Waals surface area contributed by atoms with Crippen LogP contribution in [0.25, 0.3) is 0 Å². The predicted octanol–water partition coefficient (Wildman–Crippen LogP) is 1.41. The number of hydrogen-bond acceptors (Lipinski definition) is 3. The number of ether oxygens (including phenoxy) is 1. The molecule has 0 aromatic carbocycles. The Balaban J connectivity index is 2.04. The predicted molar refractivity (Wildman–Crippen MR) is 59.9 cm³/mol. The summed E-state index contributed by atoms with van der Waals surface area (Å²) in [6.07, 6.45) is 3.37. The summed E-state index contributed by atoms with van der Waals surface area (Å²) in [4.78, 5) is 18.8. The Morgan fingerprint density at radius 2 is 2.19 bits per heavy atom. The summed E-state index contributed by atoms with van der Waals surface area (Å²) in [7, 11) is 0. The number of carbonyl (C=O) groups is 1. The second kappa shape index (κ2) is 4.25. The highest BCUT2D eigenvalue weighted by Crippen LogP contribution is 2.32. The van der Waals surface area contributed by atoms with E-state index in [4.69, 9.17) is 4.74 Å². The Hall–Kier alpha value is -1.36. The van der Waals surface area contributed by atoms with Gasteiger partial charge in [-0.15, -0.1) is 0 Å². The van der Waals surface area contributed by atoms with Crippen LogP contribution in [0.3, 0.4) is 0 Å². The maximum Gasteiger partial charge on any atom is 0.232 e. The number of H-pyrrole nitrogens is 1. The minimum absolute atomic E-state index is 0.0284. The molecule has 1 fully saturated rings. The van der Waals surface area contributed by atoms with Crippen LogP contribution in [0.4, 0.5) is 5.95 Å². The molecule has 1 aromatic heterocycles. The van der Waals surface area contributed by atoms with Gasteiger partial charge in [-0.05, 0) is 19.8 Å². The van der Waals surface area contributed by atoms with E-state index < -0.39 is 0 Å². The molecule has 0 spiro atoms. The minimum atomic E-state index is -0.111. The van der Waals surface area contributed by atoms with Gasteiger partial charge in [0.1, 0.15) is 0 Å². The van der Waals surface area contributed by atoms with E-state index >= 15 is 0 Å². The van der Waals surface area contributed by atoms with Crippen molar-refractivity contribution in [2.24, 2.45) is 11.8 Å². The summed E-state index contributed by atoms with van der Waals surface area (Å²) in [5.74, 6) is 0.577. The normalized spacial score (nSPS) is 33.9. The summed E-state index contributed by atoms with van der Waals surface area (Å²) in [6, 6.07) is 0. The van der Waals surface area contributed by atoms with Gasteiger partial charge in [-0.3, -0.25) is 10.1 Å². The van der Waals surface area contributed by atoms with Crippen LogP contribution in [0.15, 0.2) is 12.4 Å². The highest BCUT2D eigenvalue weighted by Gasteiger charge is 2.41. The number of nitrogens with one attached hydrogen (secondary N) is 2. The molecule has 5 heteroatoms. The van der Waals surface area contributed by atoms with Crippen molar-refractivity contribution in [1.82, 2.24) is 9.97 Å². The molecule has 88 valence electrons. The van der Waals surface area contributed by atoms with E-state index in [2.05, 4.69) is 15.3 Å². The number of aromatic amines is 1. The molecule has 0 aliphatic carbocycles. The van der Waals surface area contributed by atoms with Crippen LogP contribution >= 0.6 is 0 Å². The Kier molecular flexibility index (Phi) is 2.96. The van der Waals surface area contributed by atoms with Gasteiger partial charge in [-0.2, -0.15) is 0 Å². The van der Waals surface area contributed by atoms with Gasteiger partial charge >= 0.3 is 0 Å². The fraction of sp³-hybridized carbons (Fsp3) is 0.636. The minimum Gasteiger partial charge on any atom is -0.374 e. The molecule has 16 heavy (non-hydrogen) atoms. The number of anilines is 1. The molecule has 4 unspecified atom stereocenters. The lowest BCUT2D eigenvalue weighted by Crippen LogP contribution is -2.32. The number of imidazole rings is 1. The third-order valence-corrected chi connectivity index (χ3v) is 3.28. The third kappa shape index (κ3) is 1.95. The maximum absolute atomic E-state index is 12.0. The van der Waals surface area contributed by atoms with E-state index in [1.165, 1.54) is 0 Å². The van der Waals surface area contributed by atoms with Gasteiger partial charge in [0.2, 0.25) is 11.9 Å². The Morgan fingerprint density at radius 3 is 2.69 bits per heavy atom. The summed E-state index contributed by atoms with van der Waals surface area (Å²) in [6.45, 7) is 5.98. The molecule has 2 N–H and O–H groups in total. The van der Waals surface area contributed by atoms with Crippen molar-refractivity contribution in [3.05, 3.63) is 12.4 Å².